The van der Waals surface area contributed by atoms with E-state index < -0.39 is 17.6 Å². The lowest BCUT2D eigenvalue weighted by atomic mass is 10.1. The Bertz CT molecular complexity index is 814. The average Bonchev–Trinajstić information content (AvgIpc) is 2.63. The maximum atomic E-state index is 13.3. The summed E-state index contributed by atoms with van der Waals surface area (Å²) in [4.78, 5) is 19.8. The smallest absolute Gasteiger partial charge is 0.368 e. The minimum absolute atomic E-state index is 0.151. The fourth-order valence-corrected chi connectivity index (χ4v) is 2.87. The van der Waals surface area contributed by atoms with Crippen LogP contribution in [0.15, 0.2) is 36.4 Å². The Kier molecular flexibility index (Phi) is 4.84. The van der Waals surface area contributed by atoms with Crippen molar-refractivity contribution in [2.75, 3.05) is 31.1 Å². The van der Waals surface area contributed by atoms with E-state index in [1.807, 2.05) is 4.90 Å². The summed E-state index contributed by atoms with van der Waals surface area (Å²) in [6, 6.07) is 7.69. The number of nitrogens with zero attached hydrogens (tertiary/aromatic N) is 3. The second-order valence-electron chi connectivity index (χ2n) is 6.09. The Morgan fingerprint density at radius 3 is 2.38 bits per heavy atom. The quantitative estimate of drug-likeness (QED) is 0.763. The van der Waals surface area contributed by atoms with Gasteiger partial charge in [0.2, 0.25) is 0 Å². The van der Waals surface area contributed by atoms with E-state index in [4.69, 9.17) is 0 Å². The highest BCUT2D eigenvalue weighted by molar-refractivity contribution is 5.92. The van der Waals surface area contributed by atoms with Crippen molar-refractivity contribution in [3.05, 3.63) is 59.2 Å². The van der Waals surface area contributed by atoms with Gasteiger partial charge < -0.3 is 9.80 Å². The van der Waals surface area contributed by atoms with Gasteiger partial charge in [0.05, 0.1) is 11.3 Å². The van der Waals surface area contributed by atoms with Crippen molar-refractivity contribution in [3.8, 4) is 0 Å². The zero-order valence-electron chi connectivity index (χ0n) is 14.1. The number of benzene rings is 1. The van der Waals surface area contributed by atoms with Crippen molar-refractivity contribution in [2.24, 2.45) is 0 Å². The number of piperazine rings is 1. The first-order valence-electron chi connectivity index (χ1n) is 8.10. The number of pyridine rings is 1. The van der Waals surface area contributed by atoms with Crippen LogP contribution in [0.2, 0.25) is 0 Å². The van der Waals surface area contributed by atoms with Crippen molar-refractivity contribution in [2.45, 2.75) is 13.1 Å². The van der Waals surface area contributed by atoms with E-state index in [2.05, 4.69) is 4.98 Å². The van der Waals surface area contributed by atoms with Crippen molar-refractivity contribution in [3.63, 3.8) is 0 Å². The van der Waals surface area contributed by atoms with Crippen molar-refractivity contribution in [1.29, 1.82) is 0 Å². The topological polar surface area (TPSA) is 36.4 Å². The SMILES string of the molecule is Cc1nc(C(=O)N2CCN(c3cccc(C(F)(F)F)c3)CC2)ccc1F. The average molecular weight is 367 g/mol. The van der Waals surface area contributed by atoms with Crippen LogP contribution in [-0.4, -0.2) is 42.0 Å². The third-order valence-corrected chi connectivity index (χ3v) is 4.35. The molecule has 0 spiro atoms. The molecule has 2 aromatic rings. The molecule has 0 unspecified atom stereocenters. The predicted octanol–water partition coefficient (Wildman–Crippen LogP) is 3.51. The van der Waals surface area contributed by atoms with Crippen LogP contribution < -0.4 is 4.90 Å². The number of anilines is 1. The zero-order chi connectivity index (χ0) is 18.9. The summed E-state index contributed by atoms with van der Waals surface area (Å²) in [7, 11) is 0. The number of hydrogen-bond donors (Lipinski definition) is 0. The Morgan fingerprint density at radius 1 is 1.08 bits per heavy atom. The van der Waals surface area contributed by atoms with E-state index in [1.54, 1.807) is 11.0 Å². The van der Waals surface area contributed by atoms with Gasteiger partial charge in [0, 0.05) is 31.9 Å². The van der Waals surface area contributed by atoms with Crippen LogP contribution in [0.1, 0.15) is 21.7 Å². The fraction of sp³-hybridized carbons (Fsp3) is 0.333. The van der Waals surface area contributed by atoms with E-state index in [9.17, 15) is 22.4 Å². The van der Waals surface area contributed by atoms with E-state index in [0.717, 1.165) is 12.1 Å². The minimum Gasteiger partial charge on any atom is -0.368 e. The molecule has 1 aliphatic heterocycles. The molecule has 1 saturated heterocycles. The number of halogens is 4. The van der Waals surface area contributed by atoms with E-state index in [0.29, 0.717) is 31.9 Å². The third-order valence-electron chi connectivity index (χ3n) is 4.35. The van der Waals surface area contributed by atoms with E-state index in [-0.39, 0.29) is 17.3 Å². The van der Waals surface area contributed by atoms with E-state index >= 15 is 0 Å². The first-order valence-corrected chi connectivity index (χ1v) is 8.10. The molecule has 1 fully saturated rings. The van der Waals surface area contributed by atoms with Crippen LogP contribution in [-0.2, 0) is 6.18 Å². The number of hydrogen-bond acceptors (Lipinski definition) is 3. The molecule has 1 aromatic carbocycles. The van der Waals surface area contributed by atoms with Crippen LogP contribution in [0.4, 0.5) is 23.2 Å². The van der Waals surface area contributed by atoms with Gasteiger partial charge >= 0.3 is 6.18 Å². The highest BCUT2D eigenvalue weighted by atomic mass is 19.4. The number of aryl methyl sites for hydroxylation is 1. The van der Waals surface area contributed by atoms with Gasteiger partial charge in [-0.1, -0.05) is 6.07 Å². The van der Waals surface area contributed by atoms with Gasteiger partial charge in [0.25, 0.3) is 5.91 Å². The molecule has 138 valence electrons. The predicted molar refractivity (Wildman–Crippen MR) is 88.5 cm³/mol. The van der Waals surface area contributed by atoms with Gasteiger partial charge in [0.1, 0.15) is 11.5 Å². The Morgan fingerprint density at radius 2 is 1.77 bits per heavy atom. The molecular formula is C18H17F4N3O. The molecule has 26 heavy (non-hydrogen) atoms. The standard InChI is InChI=1S/C18H17F4N3O/c1-12-15(19)5-6-16(23-12)17(26)25-9-7-24(8-10-25)14-4-2-3-13(11-14)18(20,21)22/h2-6,11H,7-10H2,1H3. The second kappa shape index (κ2) is 6.93. The molecule has 1 amide bonds. The largest absolute Gasteiger partial charge is 0.416 e. The lowest BCUT2D eigenvalue weighted by molar-refractivity contribution is -0.137. The van der Waals surface area contributed by atoms with Gasteiger partial charge in [0.15, 0.2) is 0 Å². The number of aromatic nitrogens is 1. The summed E-state index contributed by atoms with van der Waals surface area (Å²) in [5.74, 6) is -0.785. The molecule has 0 bridgehead atoms. The summed E-state index contributed by atoms with van der Waals surface area (Å²) in [5, 5.41) is 0. The molecule has 4 nitrogen and oxygen atoms in total. The molecule has 1 aliphatic rings. The molecule has 0 atom stereocenters. The normalized spacial score (nSPS) is 15.3. The maximum Gasteiger partial charge on any atom is 0.416 e. The second-order valence-corrected chi connectivity index (χ2v) is 6.09. The summed E-state index contributed by atoms with van der Waals surface area (Å²) >= 11 is 0. The van der Waals surface area contributed by atoms with Crippen LogP contribution in [0, 0.1) is 12.7 Å². The first kappa shape index (κ1) is 18.2. The molecule has 0 N–H and O–H groups in total. The van der Waals surface area contributed by atoms with Crippen LogP contribution in [0.3, 0.4) is 0 Å². The van der Waals surface area contributed by atoms with Gasteiger partial charge in [-0.05, 0) is 37.3 Å². The van der Waals surface area contributed by atoms with Gasteiger partial charge in [-0.2, -0.15) is 13.2 Å². The molecule has 3 rings (SSSR count). The van der Waals surface area contributed by atoms with E-state index in [1.165, 1.54) is 25.1 Å². The van der Waals surface area contributed by atoms with Crippen LogP contribution in [0.5, 0.6) is 0 Å². The maximum absolute atomic E-state index is 13.3. The third kappa shape index (κ3) is 3.79. The molecule has 0 saturated carbocycles. The summed E-state index contributed by atoms with van der Waals surface area (Å²) in [6.07, 6.45) is -4.39. The first-order chi connectivity index (χ1) is 12.3. The molecule has 2 heterocycles. The fourth-order valence-electron chi connectivity index (χ4n) is 2.87. The van der Waals surface area contributed by atoms with Crippen molar-refractivity contribution in [1.82, 2.24) is 9.88 Å². The molecule has 1 aromatic heterocycles. The molecule has 0 aliphatic carbocycles. The van der Waals surface area contributed by atoms with Crippen LogP contribution in [0.25, 0.3) is 0 Å². The monoisotopic (exact) mass is 367 g/mol. The van der Waals surface area contributed by atoms with Gasteiger partial charge in [-0.3, -0.25) is 4.79 Å². The lowest BCUT2D eigenvalue weighted by Crippen LogP contribution is -2.49. The molecular weight excluding hydrogens is 350 g/mol. The number of alkyl halides is 3. The Balaban J connectivity index is 1.67. The molecule has 0 radical (unpaired) electrons. The zero-order valence-corrected chi connectivity index (χ0v) is 14.1. The number of carbonyl (C=O) groups excluding carboxylic acids is 1. The Labute approximate surface area is 148 Å². The summed E-state index contributed by atoms with van der Waals surface area (Å²) in [5.41, 5.74) is 0.0945. The van der Waals surface area contributed by atoms with Gasteiger partial charge in [-0.15, -0.1) is 0 Å². The lowest BCUT2D eigenvalue weighted by Gasteiger charge is -2.36. The van der Waals surface area contributed by atoms with Gasteiger partial charge in [-0.25, -0.2) is 9.37 Å². The highest BCUT2D eigenvalue weighted by Crippen LogP contribution is 2.31. The molecule has 8 heteroatoms. The van der Waals surface area contributed by atoms with Crippen LogP contribution >= 0.6 is 0 Å². The highest BCUT2D eigenvalue weighted by Gasteiger charge is 2.31. The number of rotatable bonds is 2. The summed E-state index contributed by atoms with van der Waals surface area (Å²) < 4.78 is 51.8. The summed E-state index contributed by atoms with van der Waals surface area (Å²) in [6.45, 7) is 3.01. The minimum atomic E-state index is -4.39. The van der Waals surface area contributed by atoms with Crippen molar-refractivity contribution < 1.29 is 22.4 Å². The Hall–Kier alpha value is -2.64. The number of amides is 1. The number of carbonyl (C=O) groups is 1. The van der Waals surface area contributed by atoms with Crippen molar-refractivity contribution >= 4 is 11.6 Å².